The summed E-state index contributed by atoms with van der Waals surface area (Å²) in [5.74, 6) is 0.856. The third-order valence-corrected chi connectivity index (χ3v) is 5.51. The highest BCUT2D eigenvalue weighted by molar-refractivity contribution is 5.92. The lowest BCUT2D eigenvalue weighted by molar-refractivity contribution is -0.120. The maximum Gasteiger partial charge on any atom is 0.224 e. The number of hydrogen-bond donors (Lipinski definition) is 2. The maximum absolute atomic E-state index is 12.3. The zero-order valence-electron chi connectivity index (χ0n) is 15.8. The molecular weight excluding hydrogens is 322 g/mol. The molecule has 4 heteroatoms. The van der Waals surface area contributed by atoms with Gasteiger partial charge >= 0.3 is 0 Å². The fourth-order valence-electron chi connectivity index (χ4n) is 4.03. The molecule has 138 valence electrons. The van der Waals surface area contributed by atoms with Crippen LogP contribution >= 0.6 is 0 Å². The summed E-state index contributed by atoms with van der Waals surface area (Å²) in [6, 6.07) is 13.9. The molecular formula is C22H29N3O. The van der Waals surface area contributed by atoms with Gasteiger partial charge in [0.1, 0.15) is 0 Å². The molecule has 2 atom stereocenters. The monoisotopic (exact) mass is 351 g/mol. The van der Waals surface area contributed by atoms with E-state index in [1.807, 2.05) is 0 Å². The van der Waals surface area contributed by atoms with Crippen molar-refractivity contribution >= 4 is 22.4 Å². The lowest BCUT2D eigenvalue weighted by Crippen LogP contribution is -2.54. The van der Waals surface area contributed by atoms with Crippen LogP contribution in [-0.2, 0) is 11.2 Å². The summed E-state index contributed by atoms with van der Waals surface area (Å²) in [7, 11) is 0. The Morgan fingerprint density at radius 1 is 1.15 bits per heavy atom. The van der Waals surface area contributed by atoms with Crippen molar-refractivity contribution < 1.29 is 4.79 Å². The van der Waals surface area contributed by atoms with Gasteiger partial charge in [-0.05, 0) is 61.1 Å². The third-order valence-electron chi connectivity index (χ3n) is 5.51. The highest BCUT2D eigenvalue weighted by atomic mass is 16.1. The molecule has 0 radical (unpaired) electrons. The van der Waals surface area contributed by atoms with Gasteiger partial charge in [-0.25, -0.2) is 0 Å². The molecule has 1 amide bonds. The van der Waals surface area contributed by atoms with Crippen LogP contribution in [0.3, 0.4) is 0 Å². The van der Waals surface area contributed by atoms with E-state index in [4.69, 9.17) is 0 Å². The molecule has 4 rings (SSSR count). The van der Waals surface area contributed by atoms with E-state index in [1.54, 1.807) is 0 Å². The maximum atomic E-state index is 12.3. The number of nitrogens with zero attached hydrogens (tertiary/aromatic N) is 1. The number of hydrogen-bond acceptors (Lipinski definition) is 3. The second-order valence-electron chi connectivity index (χ2n) is 8.12. The van der Waals surface area contributed by atoms with Gasteiger partial charge in [-0.2, -0.15) is 0 Å². The van der Waals surface area contributed by atoms with Crippen molar-refractivity contribution in [3.05, 3.63) is 42.0 Å². The number of piperazine rings is 1. The Balaban J connectivity index is 1.56. The van der Waals surface area contributed by atoms with Gasteiger partial charge in [0, 0.05) is 37.4 Å². The average molecular weight is 351 g/mol. The summed E-state index contributed by atoms with van der Waals surface area (Å²) in [6.45, 7) is 7.34. The van der Waals surface area contributed by atoms with Gasteiger partial charge in [0.25, 0.3) is 0 Å². The number of benzene rings is 2. The van der Waals surface area contributed by atoms with Crippen molar-refractivity contribution in [3.63, 3.8) is 0 Å². The van der Waals surface area contributed by atoms with Gasteiger partial charge < -0.3 is 15.5 Å². The molecule has 4 nitrogen and oxygen atoms in total. The molecule has 26 heavy (non-hydrogen) atoms. The normalized spacial score (nSPS) is 23.2. The first kappa shape index (κ1) is 17.3. The minimum absolute atomic E-state index is 0.138. The van der Waals surface area contributed by atoms with Crippen molar-refractivity contribution in [2.75, 3.05) is 24.5 Å². The standard InChI is InChI=1S/C22H29N3O/c1-15-13-25(14-16(2)24-15)20-9-8-18-4-3-5-19(21(18)11-20)10-22(26)23-12-17-6-7-17/h3-5,8-9,11,15-17,24H,6-7,10,12-14H2,1-2H3,(H,23,26). The molecule has 2 N–H and O–H groups in total. The summed E-state index contributed by atoms with van der Waals surface area (Å²) in [6.07, 6.45) is 2.99. The summed E-state index contributed by atoms with van der Waals surface area (Å²) in [4.78, 5) is 14.8. The van der Waals surface area contributed by atoms with Crippen molar-refractivity contribution in [3.8, 4) is 0 Å². The first-order valence-corrected chi connectivity index (χ1v) is 9.88. The number of fused-ring (bicyclic) bond motifs is 1. The van der Waals surface area contributed by atoms with Gasteiger partial charge in [-0.15, -0.1) is 0 Å². The van der Waals surface area contributed by atoms with Crippen LogP contribution in [0.5, 0.6) is 0 Å². The molecule has 2 fully saturated rings. The zero-order chi connectivity index (χ0) is 18.1. The first-order valence-electron chi connectivity index (χ1n) is 9.88. The van der Waals surface area contributed by atoms with Gasteiger partial charge in [0.15, 0.2) is 0 Å². The van der Waals surface area contributed by atoms with Crippen LogP contribution in [0.15, 0.2) is 36.4 Å². The van der Waals surface area contributed by atoms with Crippen molar-refractivity contribution in [2.24, 2.45) is 5.92 Å². The highest BCUT2D eigenvalue weighted by Crippen LogP contribution is 2.28. The van der Waals surface area contributed by atoms with Gasteiger partial charge in [0.05, 0.1) is 6.42 Å². The molecule has 1 aliphatic carbocycles. The average Bonchev–Trinajstić information content (AvgIpc) is 3.43. The second-order valence-corrected chi connectivity index (χ2v) is 8.12. The van der Waals surface area contributed by atoms with E-state index in [0.29, 0.717) is 18.5 Å². The molecule has 0 bridgehead atoms. The predicted octanol–water partition coefficient (Wildman–Crippen LogP) is 3.10. The van der Waals surface area contributed by atoms with E-state index in [9.17, 15) is 4.79 Å². The SMILES string of the molecule is CC1CN(c2ccc3cccc(CC(=O)NCC4CC4)c3c2)CC(C)N1. The molecule has 0 aromatic heterocycles. The van der Waals surface area contributed by atoms with E-state index < -0.39 is 0 Å². The molecule has 0 spiro atoms. The second kappa shape index (κ2) is 7.28. The predicted molar refractivity (Wildman–Crippen MR) is 108 cm³/mol. The van der Waals surface area contributed by atoms with Gasteiger partial charge in [0.2, 0.25) is 5.91 Å². The third kappa shape index (κ3) is 4.01. The number of carbonyl (C=O) groups is 1. The number of amides is 1. The first-order chi connectivity index (χ1) is 12.6. The molecule has 1 saturated heterocycles. The van der Waals surface area contributed by atoms with Crippen molar-refractivity contribution in [1.82, 2.24) is 10.6 Å². The summed E-state index contributed by atoms with van der Waals surface area (Å²) in [5, 5.41) is 9.08. The molecule has 2 unspecified atom stereocenters. The number of rotatable bonds is 5. The van der Waals surface area contributed by atoms with Crippen LogP contribution in [0.2, 0.25) is 0 Å². The van der Waals surface area contributed by atoms with E-state index in [-0.39, 0.29) is 5.91 Å². The smallest absolute Gasteiger partial charge is 0.224 e. The molecule has 1 heterocycles. The van der Waals surface area contributed by atoms with Gasteiger partial charge in [-0.3, -0.25) is 4.79 Å². The molecule has 2 aromatic rings. The largest absolute Gasteiger partial charge is 0.368 e. The fraction of sp³-hybridized carbons (Fsp3) is 0.500. The number of carbonyl (C=O) groups excluding carboxylic acids is 1. The van der Waals surface area contributed by atoms with Crippen LogP contribution in [0.25, 0.3) is 10.8 Å². The van der Waals surface area contributed by atoms with Crippen molar-refractivity contribution in [1.29, 1.82) is 0 Å². The lowest BCUT2D eigenvalue weighted by atomic mass is 10.00. The number of anilines is 1. The van der Waals surface area contributed by atoms with E-state index >= 15 is 0 Å². The van der Waals surface area contributed by atoms with Crippen LogP contribution in [-0.4, -0.2) is 37.6 Å². The Morgan fingerprint density at radius 3 is 2.65 bits per heavy atom. The Kier molecular flexibility index (Phi) is 4.86. The van der Waals surface area contributed by atoms with E-state index in [2.05, 4.69) is 65.8 Å². The topological polar surface area (TPSA) is 44.4 Å². The van der Waals surface area contributed by atoms with Crippen LogP contribution < -0.4 is 15.5 Å². The van der Waals surface area contributed by atoms with Crippen molar-refractivity contribution in [2.45, 2.75) is 45.2 Å². The fourth-order valence-corrected chi connectivity index (χ4v) is 4.03. The summed E-state index contributed by atoms with van der Waals surface area (Å²) >= 11 is 0. The van der Waals surface area contributed by atoms with Crippen LogP contribution in [0, 0.1) is 5.92 Å². The Morgan fingerprint density at radius 2 is 1.92 bits per heavy atom. The lowest BCUT2D eigenvalue weighted by Gasteiger charge is -2.37. The molecule has 2 aliphatic rings. The Labute approximate surface area is 156 Å². The van der Waals surface area contributed by atoms with E-state index in [0.717, 1.165) is 31.1 Å². The molecule has 2 aromatic carbocycles. The number of nitrogens with one attached hydrogen (secondary N) is 2. The summed E-state index contributed by atoms with van der Waals surface area (Å²) < 4.78 is 0. The highest BCUT2D eigenvalue weighted by Gasteiger charge is 2.23. The quantitative estimate of drug-likeness (QED) is 0.870. The minimum Gasteiger partial charge on any atom is -0.368 e. The summed E-state index contributed by atoms with van der Waals surface area (Å²) in [5.41, 5.74) is 2.37. The van der Waals surface area contributed by atoms with Crippen LogP contribution in [0.4, 0.5) is 5.69 Å². The molecule has 1 saturated carbocycles. The van der Waals surface area contributed by atoms with Gasteiger partial charge in [-0.1, -0.05) is 24.3 Å². The zero-order valence-corrected chi connectivity index (χ0v) is 15.8. The Hall–Kier alpha value is -2.07. The van der Waals surface area contributed by atoms with Crippen LogP contribution in [0.1, 0.15) is 32.3 Å². The Bertz CT molecular complexity index is 789. The van der Waals surface area contributed by atoms with E-state index in [1.165, 1.54) is 29.3 Å². The molecule has 1 aliphatic heterocycles. The minimum atomic E-state index is 0.138.